The monoisotopic (exact) mass is 388 g/mol. The maximum absolute atomic E-state index is 13.1. The lowest BCUT2D eigenvalue weighted by Gasteiger charge is -2.32. The minimum atomic E-state index is 0.192. The molecule has 4 heteroatoms. The van der Waals surface area contributed by atoms with Crippen LogP contribution in [0.5, 0.6) is 5.75 Å². The predicted octanol–water partition coefficient (Wildman–Crippen LogP) is 5.08. The molecule has 0 spiro atoms. The summed E-state index contributed by atoms with van der Waals surface area (Å²) < 4.78 is 5.40. The second kappa shape index (κ2) is 7.58. The van der Waals surface area contributed by atoms with Gasteiger partial charge in [0.1, 0.15) is 5.75 Å². The molecule has 1 amide bonds. The molecule has 5 rings (SSSR count). The van der Waals surface area contributed by atoms with Gasteiger partial charge in [-0.3, -0.25) is 4.79 Å². The Labute approximate surface area is 171 Å². The van der Waals surface area contributed by atoms with E-state index in [1.54, 1.807) is 7.11 Å². The van der Waals surface area contributed by atoms with Gasteiger partial charge in [0.2, 0.25) is 0 Å². The van der Waals surface area contributed by atoms with Gasteiger partial charge in [0.05, 0.1) is 7.11 Å². The Morgan fingerprint density at radius 1 is 1.03 bits per heavy atom. The third-order valence-electron chi connectivity index (χ3n) is 6.74. The van der Waals surface area contributed by atoms with Gasteiger partial charge in [-0.25, -0.2) is 0 Å². The van der Waals surface area contributed by atoms with Crippen LogP contribution in [-0.4, -0.2) is 36.0 Å². The molecule has 2 aromatic carbocycles. The van der Waals surface area contributed by atoms with Gasteiger partial charge in [0.25, 0.3) is 5.91 Å². The molecule has 3 aromatic rings. The number of hydrogen-bond acceptors (Lipinski definition) is 2. The average molecular weight is 389 g/mol. The summed E-state index contributed by atoms with van der Waals surface area (Å²) in [6, 6.07) is 12.5. The van der Waals surface area contributed by atoms with Crippen molar-refractivity contribution in [2.75, 3.05) is 20.2 Å². The molecule has 1 aliphatic carbocycles. The van der Waals surface area contributed by atoms with Crippen LogP contribution in [-0.2, 0) is 12.8 Å². The number of nitrogens with one attached hydrogen (secondary N) is 1. The number of nitrogens with zero attached hydrogens (tertiary/aromatic N) is 1. The Hall–Kier alpha value is -2.75. The van der Waals surface area contributed by atoms with E-state index in [2.05, 4.69) is 35.4 Å². The fourth-order valence-corrected chi connectivity index (χ4v) is 5.03. The second-order valence-corrected chi connectivity index (χ2v) is 8.41. The highest BCUT2D eigenvalue weighted by molar-refractivity contribution is 5.94. The van der Waals surface area contributed by atoms with Crippen molar-refractivity contribution in [3.63, 3.8) is 0 Å². The van der Waals surface area contributed by atoms with Crippen LogP contribution in [0.4, 0.5) is 0 Å². The second-order valence-electron chi connectivity index (χ2n) is 8.41. The molecule has 1 aromatic heterocycles. The van der Waals surface area contributed by atoms with Crippen molar-refractivity contribution in [2.45, 2.75) is 44.4 Å². The number of rotatable bonds is 3. The molecule has 2 aliphatic rings. The summed E-state index contributed by atoms with van der Waals surface area (Å²) in [7, 11) is 1.71. The number of amides is 1. The van der Waals surface area contributed by atoms with Crippen molar-refractivity contribution < 1.29 is 9.53 Å². The van der Waals surface area contributed by atoms with Gasteiger partial charge in [0, 0.05) is 35.8 Å². The zero-order valence-corrected chi connectivity index (χ0v) is 17.0. The molecular weight excluding hydrogens is 360 g/mol. The number of piperidine rings is 1. The number of aromatic nitrogens is 1. The van der Waals surface area contributed by atoms with E-state index in [0.29, 0.717) is 5.92 Å². The molecule has 2 heterocycles. The summed E-state index contributed by atoms with van der Waals surface area (Å²) in [6.07, 6.45) is 8.92. The van der Waals surface area contributed by atoms with E-state index in [4.69, 9.17) is 4.74 Å². The number of aryl methyl sites for hydroxylation is 2. The number of aromatic amines is 1. The number of fused-ring (bicyclic) bond motifs is 2. The largest absolute Gasteiger partial charge is 0.497 e. The number of hydrogen-bond donors (Lipinski definition) is 1. The highest BCUT2D eigenvalue weighted by atomic mass is 16.5. The Morgan fingerprint density at radius 3 is 2.62 bits per heavy atom. The van der Waals surface area contributed by atoms with Crippen LogP contribution in [0.1, 0.15) is 58.6 Å². The minimum Gasteiger partial charge on any atom is -0.497 e. The molecule has 29 heavy (non-hydrogen) atoms. The lowest BCUT2D eigenvalue weighted by Crippen LogP contribution is -2.38. The molecule has 0 bridgehead atoms. The minimum absolute atomic E-state index is 0.192. The van der Waals surface area contributed by atoms with Gasteiger partial charge in [0.15, 0.2) is 0 Å². The first kappa shape index (κ1) is 18.3. The zero-order chi connectivity index (χ0) is 19.8. The predicted molar refractivity (Wildman–Crippen MR) is 116 cm³/mol. The molecular formula is C25H28N2O2. The standard InChI is InChI=1S/C25H28N2O2/c1-29-21-8-9-24-22(15-21)23(16-26-24)18-10-12-27(13-11-18)25(28)20-7-6-17-4-2-3-5-19(17)14-20/h6-9,14-16,18,26H,2-5,10-13H2,1H3. The molecule has 1 saturated heterocycles. The molecule has 0 unspecified atom stereocenters. The lowest BCUT2D eigenvalue weighted by atomic mass is 9.88. The molecule has 1 fully saturated rings. The highest BCUT2D eigenvalue weighted by Crippen LogP contribution is 2.35. The van der Waals surface area contributed by atoms with E-state index in [1.165, 1.54) is 34.9 Å². The van der Waals surface area contributed by atoms with Crippen LogP contribution in [0.3, 0.4) is 0 Å². The number of benzene rings is 2. The lowest BCUT2D eigenvalue weighted by molar-refractivity contribution is 0.0713. The van der Waals surface area contributed by atoms with Gasteiger partial charge < -0.3 is 14.6 Å². The maximum Gasteiger partial charge on any atom is 0.253 e. The van der Waals surface area contributed by atoms with E-state index < -0.39 is 0 Å². The first-order chi connectivity index (χ1) is 14.2. The van der Waals surface area contributed by atoms with E-state index in [1.807, 2.05) is 17.0 Å². The Balaban J connectivity index is 1.30. The van der Waals surface area contributed by atoms with Crippen molar-refractivity contribution in [1.82, 2.24) is 9.88 Å². The van der Waals surface area contributed by atoms with Crippen LogP contribution in [0.25, 0.3) is 10.9 Å². The SMILES string of the molecule is COc1ccc2[nH]cc(C3CCN(C(=O)c4ccc5c(c4)CCCC5)CC3)c2c1. The average Bonchev–Trinajstić information content (AvgIpc) is 3.21. The summed E-state index contributed by atoms with van der Waals surface area (Å²) in [5, 5.41) is 1.24. The Morgan fingerprint density at radius 2 is 1.83 bits per heavy atom. The third-order valence-corrected chi connectivity index (χ3v) is 6.74. The number of H-pyrrole nitrogens is 1. The van der Waals surface area contributed by atoms with Crippen molar-refractivity contribution in [1.29, 1.82) is 0 Å². The first-order valence-corrected chi connectivity index (χ1v) is 10.8. The number of carbonyl (C=O) groups is 1. The van der Waals surface area contributed by atoms with Crippen molar-refractivity contribution in [3.8, 4) is 5.75 Å². The summed E-state index contributed by atoms with van der Waals surface area (Å²) >= 11 is 0. The zero-order valence-electron chi connectivity index (χ0n) is 17.0. The number of carbonyl (C=O) groups excluding carboxylic acids is 1. The highest BCUT2D eigenvalue weighted by Gasteiger charge is 2.26. The molecule has 1 aliphatic heterocycles. The molecule has 1 N–H and O–H groups in total. The summed E-state index contributed by atoms with van der Waals surface area (Å²) in [6.45, 7) is 1.63. The van der Waals surface area contributed by atoms with Crippen molar-refractivity contribution >= 4 is 16.8 Å². The van der Waals surface area contributed by atoms with Crippen LogP contribution in [0, 0.1) is 0 Å². The van der Waals surface area contributed by atoms with Crippen LogP contribution >= 0.6 is 0 Å². The smallest absolute Gasteiger partial charge is 0.253 e. The summed E-state index contributed by atoms with van der Waals surface area (Å²) in [5.41, 5.74) is 6.17. The van der Waals surface area contributed by atoms with Gasteiger partial charge in [-0.2, -0.15) is 0 Å². The maximum atomic E-state index is 13.1. The third kappa shape index (κ3) is 3.41. The van der Waals surface area contributed by atoms with E-state index >= 15 is 0 Å². The fourth-order valence-electron chi connectivity index (χ4n) is 5.03. The van der Waals surface area contributed by atoms with Crippen LogP contribution < -0.4 is 4.74 Å². The van der Waals surface area contributed by atoms with Gasteiger partial charge in [-0.15, -0.1) is 0 Å². The number of methoxy groups -OCH3 is 1. The normalized spacial score (nSPS) is 17.3. The van der Waals surface area contributed by atoms with Gasteiger partial charge >= 0.3 is 0 Å². The molecule has 0 saturated carbocycles. The quantitative estimate of drug-likeness (QED) is 0.680. The molecule has 150 valence electrons. The first-order valence-electron chi connectivity index (χ1n) is 10.8. The van der Waals surface area contributed by atoms with E-state index in [0.717, 1.165) is 55.6 Å². The van der Waals surface area contributed by atoms with Gasteiger partial charge in [-0.05, 0) is 91.5 Å². The van der Waals surface area contributed by atoms with Gasteiger partial charge in [-0.1, -0.05) is 6.07 Å². The van der Waals surface area contributed by atoms with Crippen molar-refractivity contribution in [2.24, 2.45) is 0 Å². The van der Waals surface area contributed by atoms with E-state index in [9.17, 15) is 4.79 Å². The van der Waals surface area contributed by atoms with E-state index in [-0.39, 0.29) is 5.91 Å². The van der Waals surface area contributed by atoms with Crippen LogP contribution in [0.15, 0.2) is 42.6 Å². The Bertz CT molecular complexity index is 1040. The van der Waals surface area contributed by atoms with Crippen LogP contribution in [0.2, 0.25) is 0 Å². The summed E-state index contributed by atoms with van der Waals surface area (Å²) in [4.78, 5) is 18.5. The Kier molecular flexibility index (Phi) is 4.78. The molecule has 4 nitrogen and oxygen atoms in total. The number of ether oxygens (including phenoxy) is 1. The number of likely N-dealkylation sites (tertiary alicyclic amines) is 1. The topological polar surface area (TPSA) is 45.3 Å². The molecule has 0 radical (unpaired) electrons. The van der Waals surface area contributed by atoms with Crippen molar-refractivity contribution in [3.05, 3.63) is 64.8 Å². The molecule has 0 atom stereocenters. The summed E-state index contributed by atoms with van der Waals surface area (Å²) in [5.74, 6) is 1.55. The fraction of sp³-hybridized carbons (Fsp3) is 0.400.